The number of benzene rings is 1. The van der Waals surface area contributed by atoms with E-state index in [9.17, 15) is 0 Å². The Morgan fingerprint density at radius 2 is 1.94 bits per heavy atom. The lowest BCUT2D eigenvalue weighted by molar-refractivity contribution is 0.724. The Kier molecular flexibility index (Phi) is 4.20. The highest BCUT2D eigenvalue weighted by molar-refractivity contribution is 7.10. The molecule has 1 unspecified atom stereocenters. The molecule has 2 rings (SSSR count). The normalized spacial score (nSPS) is 12.7. The lowest BCUT2D eigenvalue weighted by Crippen LogP contribution is -2.14. The molecule has 96 valence electrons. The fourth-order valence-electron chi connectivity index (χ4n) is 2.31. The van der Waals surface area contributed by atoms with Gasteiger partial charge in [-0.3, -0.25) is 0 Å². The fraction of sp³-hybridized carbons (Fsp3) is 0.375. The molecule has 1 nitrogen and oxygen atoms in total. The number of nitrogens with two attached hydrogens (primary N) is 1. The van der Waals surface area contributed by atoms with Crippen LogP contribution in [0.25, 0.3) is 0 Å². The molecule has 0 fully saturated rings. The van der Waals surface area contributed by atoms with Gasteiger partial charge in [0.25, 0.3) is 0 Å². The highest BCUT2D eigenvalue weighted by atomic mass is 32.1. The third-order valence-corrected chi connectivity index (χ3v) is 4.53. The van der Waals surface area contributed by atoms with Crippen molar-refractivity contribution in [2.45, 2.75) is 39.7 Å². The van der Waals surface area contributed by atoms with Gasteiger partial charge >= 0.3 is 0 Å². The zero-order valence-corrected chi connectivity index (χ0v) is 12.2. The van der Waals surface area contributed by atoms with Gasteiger partial charge in [0, 0.05) is 10.9 Å². The Hall–Kier alpha value is -1.12. The molecule has 2 N–H and O–H groups in total. The Bertz CT molecular complexity index is 528. The smallest absolute Gasteiger partial charge is 0.0433 e. The van der Waals surface area contributed by atoms with Gasteiger partial charge in [-0.1, -0.05) is 30.7 Å². The average Bonchev–Trinajstić information content (AvgIpc) is 2.82. The number of hydrogen-bond donors (Lipinski definition) is 1. The predicted molar refractivity (Wildman–Crippen MR) is 80.2 cm³/mol. The van der Waals surface area contributed by atoms with E-state index in [0.717, 1.165) is 12.8 Å². The second-order valence-corrected chi connectivity index (χ2v) is 5.85. The standard InChI is InChI=1S/C16H21NS/c1-4-13-7-8-18-16(13)15(17)10-14-9-11(2)5-6-12(14)3/h5-9,15H,4,10,17H2,1-3H3. The van der Waals surface area contributed by atoms with Gasteiger partial charge in [-0.15, -0.1) is 11.3 Å². The van der Waals surface area contributed by atoms with Gasteiger partial charge in [0.1, 0.15) is 0 Å². The minimum atomic E-state index is 0.125. The summed E-state index contributed by atoms with van der Waals surface area (Å²) in [4.78, 5) is 1.35. The minimum absolute atomic E-state index is 0.125. The number of rotatable bonds is 4. The van der Waals surface area contributed by atoms with Crippen LogP contribution in [-0.2, 0) is 12.8 Å². The van der Waals surface area contributed by atoms with E-state index >= 15 is 0 Å². The van der Waals surface area contributed by atoms with Crippen molar-refractivity contribution < 1.29 is 0 Å². The van der Waals surface area contributed by atoms with Gasteiger partial charge in [-0.2, -0.15) is 0 Å². The quantitative estimate of drug-likeness (QED) is 0.876. The molecule has 0 aliphatic rings. The summed E-state index contributed by atoms with van der Waals surface area (Å²) in [5.41, 5.74) is 11.8. The summed E-state index contributed by atoms with van der Waals surface area (Å²) in [7, 11) is 0. The van der Waals surface area contributed by atoms with E-state index in [1.165, 1.54) is 27.1 Å². The molecule has 0 saturated carbocycles. The number of hydrogen-bond acceptors (Lipinski definition) is 2. The molecule has 2 heteroatoms. The molecule has 18 heavy (non-hydrogen) atoms. The van der Waals surface area contributed by atoms with Crippen molar-refractivity contribution >= 4 is 11.3 Å². The monoisotopic (exact) mass is 259 g/mol. The lowest BCUT2D eigenvalue weighted by Gasteiger charge is -2.14. The molecule has 0 aliphatic heterocycles. The van der Waals surface area contributed by atoms with Crippen LogP contribution in [0.2, 0.25) is 0 Å². The first-order valence-electron chi connectivity index (χ1n) is 6.49. The summed E-state index contributed by atoms with van der Waals surface area (Å²) in [5.74, 6) is 0. The van der Waals surface area contributed by atoms with Gasteiger partial charge in [0.2, 0.25) is 0 Å². The van der Waals surface area contributed by atoms with Crippen LogP contribution in [0, 0.1) is 13.8 Å². The molecule has 0 amide bonds. The SMILES string of the molecule is CCc1ccsc1C(N)Cc1cc(C)ccc1C. The maximum absolute atomic E-state index is 6.38. The second kappa shape index (κ2) is 5.68. The largest absolute Gasteiger partial charge is 0.323 e. The van der Waals surface area contributed by atoms with E-state index in [2.05, 4.69) is 50.4 Å². The average molecular weight is 259 g/mol. The summed E-state index contributed by atoms with van der Waals surface area (Å²) in [6, 6.07) is 8.93. The molecule has 0 bridgehead atoms. The minimum Gasteiger partial charge on any atom is -0.323 e. The van der Waals surface area contributed by atoms with E-state index in [0.29, 0.717) is 0 Å². The van der Waals surface area contributed by atoms with Crippen LogP contribution >= 0.6 is 11.3 Å². The van der Waals surface area contributed by atoms with Crippen molar-refractivity contribution in [1.82, 2.24) is 0 Å². The Labute approximate surface area is 114 Å². The molecule has 1 atom stereocenters. The Balaban J connectivity index is 2.21. The molecule has 0 aliphatic carbocycles. The van der Waals surface area contributed by atoms with Gasteiger partial charge in [-0.05, 0) is 54.8 Å². The zero-order chi connectivity index (χ0) is 13.1. The van der Waals surface area contributed by atoms with Crippen molar-refractivity contribution in [2.75, 3.05) is 0 Å². The van der Waals surface area contributed by atoms with Crippen molar-refractivity contribution in [3.05, 3.63) is 56.8 Å². The summed E-state index contributed by atoms with van der Waals surface area (Å²) < 4.78 is 0. The second-order valence-electron chi connectivity index (χ2n) is 4.90. The van der Waals surface area contributed by atoms with Crippen LogP contribution in [0.1, 0.15) is 40.1 Å². The first-order valence-corrected chi connectivity index (χ1v) is 7.37. The maximum atomic E-state index is 6.38. The van der Waals surface area contributed by atoms with Gasteiger partial charge in [-0.25, -0.2) is 0 Å². The molecular weight excluding hydrogens is 238 g/mol. The van der Waals surface area contributed by atoms with E-state index < -0.39 is 0 Å². The third kappa shape index (κ3) is 2.82. The highest BCUT2D eigenvalue weighted by Crippen LogP contribution is 2.27. The van der Waals surface area contributed by atoms with Gasteiger partial charge < -0.3 is 5.73 Å². The summed E-state index contributed by atoms with van der Waals surface area (Å²) in [6.07, 6.45) is 2.00. The number of thiophene rings is 1. The van der Waals surface area contributed by atoms with E-state index in [1.807, 2.05) is 0 Å². The Morgan fingerprint density at radius 1 is 1.17 bits per heavy atom. The molecule has 1 aromatic carbocycles. The van der Waals surface area contributed by atoms with Crippen LogP contribution in [0.4, 0.5) is 0 Å². The van der Waals surface area contributed by atoms with Crippen LogP contribution in [0.3, 0.4) is 0 Å². The summed E-state index contributed by atoms with van der Waals surface area (Å²) in [5, 5.41) is 2.15. The maximum Gasteiger partial charge on any atom is 0.0433 e. The van der Waals surface area contributed by atoms with Crippen molar-refractivity contribution in [2.24, 2.45) is 5.73 Å². The van der Waals surface area contributed by atoms with Gasteiger partial charge in [0.15, 0.2) is 0 Å². The van der Waals surface area contributed by atoms with Crippen molar-refractivity contribution in [3.63, 3.8) is 0 Å². The molecular formula is C16H21NS. The Morgan fingerprint density at radius 3 is 2.67 bits per heavy atom. The van der Waals surface area contributed by atoms with Crippen LogP contribution in [0.15, 0.2) is 29.6 Å². The zero-order valence-electron chi connectivity index (χ0n) is 11.4. The van der Waals surface area contributed by atoms with Crippen molar-refractivity contribution in [1.29, 1.82) is 0 Å². The number of aryl methyl sites for hydroxylation is 3. The predicted octanol–water partition coefficient (Wildman–Crippen LogP) is 4.17. The molecule has 0 spiro atoms. The van der Waals surface area contributed by atoms with Crippen molar-refractivity contribution in [3.8, 4) is 0 Å². The molecule has 0 saturated heterocycles. The highest BCUT2D eigenvalue weighted by Gasteiger charge is 2.13. The molecule has 2 aromatic rings. The van der Waals surface area contributed by atoms with E-state index in [-0.39, 0.29) is 6.04 Å². The first kappa shape index (κ1) is 13.3. The fourth-order valence-corrected chi connectivity index (χ4v) is 3.32. The molecule has 1 heterocycles. The van der Waals surface area contributed by atoms with Crippen LogP contribution in [0.5, 0.6) is 0 Å². The topological polar surface area (TPSA) is 26.0 Å². The van der Waals surface area contributed by atoms with Crippen LogP contribution in [-0.4, -0.2) is 0 Å². The molecule has 0 radical (unpaired) electrons. The lowest BCUT2D eigenvalue weighted by atomic mass is 9.97. The van der Waals surface area contributed by atoms with Crippen LogP contribution < -0.4 is 5.73 Å². The first-order chi connectivity index (χ1) is 8.61. The summed E-state index contributed by atoms with van der Waals surface area (Å²) in [6.45, 7) is 6.49. The molecule has 1 aromatic heterocycles. The van der Waals surface area contributed by atoms with E-state index in [4.69, 9.17) is 5.73 Å². The third-order valence-electron chi connectivity index (χ3n) is 3.44. The van der Waals surface area contributed by atoms with Gasteiger partial charge in [0.05, 0.1) is 0 Å². The van der Waals surface area contributed by atoms with E-state index in [1.54, 1.807) is 11.3 Å². The summed E-state index contributed by atoms with van der Waals surface area (Å²) >= 11 is 1.79.